The van der Waals surface area contributed by atoms with Crippen molar-refractivity contribution in [3.63, 3.8) is 0 Å². The van der Waals surface area contributed by atoms with Crippen molar-refractivity contribution in [2.24, 2.45) is 10.8 Å². The van der Waals surface area contributed by atoms with Crippen molar-refractivity contribution in [2.45, 2.75) is 71.3 Å². The monoisotopic (exact) mass is 278 g/mol. The molecular formula is C17H30N2O. The molecule has 1 saturated heterocycles. The minimum atomic E-state index is -0.761. The van der Waals surface area contributed by atoms with Crippen LogP contribution in [-0.4, -0.2) is 35.2 Å². The highest BCUT2D eigenvalue weighted by molar-refractivity contribution is 5.15. The Kier molecular flexibility index (Phi) is 4.47. The fourth-order valence-electron chi connectivity index (χ4n) is 3.98. The number of aliphatic hydroxyl groups is 1. The molecule has 1 heterocycles. The second-order valence-electron chi connectivity index (χ2n) is 7.73. The predicted octanol–water partition coefficient (Wildman–Crippen LogP) is 3.33. The molecule has 1 saturated carbocycles. The number of hydrogen-bond donors (Lipinski definition) is 1. The summed E-state index contributed by atoms with van der Waals surface area (Å²) in [7, 11) is 0. The molecule has 0 aromatic carbocycles. The highest BCUT2D eigenvalue weighted by atomic mass is 16.3. The molecule has 0 amide bonds. The van der Waals surface area contributed by atoms with Crippen LogP contribution in [0.4, 0.5) is 0 Å². The van der Waals surface area contributed by atoms with Crippen LogP contribution in [0.5, 0.6) is 0 Å². The molecule has 3 heteroatoms. The third kappa shape index (κ3) is 2.87. The molecule has 2 fully saturated rings. The van der Waals surface area contributed by atoms with Crippen molar-refractivity contribution < 1.29 is 5.11 Å². The second kappa shape index (κ2) is 5.66. The van der Waals surface area contributed by atoms with E-state index in [-0.39, 0.29) is 0 Å². The van der Waals surface area contributed by atoms with E-state index in [2.05, 4.69) is 31.7 Å². The number of likely N-dealkylation sites (tertiary alicyclic amines) is 1. The Hall–Kier alpha value is -0.590. The molecule has 0 bridgehead atoms. The summed E-state index contributed by atoms with van der Waals surface area (Å²) < 4.78 is 0. The van der Waals surface area contributed by atoms with Gasteiger partial charge in [-0.25, -0.2) is 0 Å². The Morgan fingerprint density at radius 3 is 2.05 bits per heavy atom. The van der Waals surface area contributed by atoms with Crippen LogP contribution in [0, 0.1) is 22.2 Å². The smallest absolute Gasteiger partial charge is 0.0861 e. The summed E-state index contributed by atoms with van der Waals surface area (Å²) >= 11 is 0. The van der Waals surface area contributed by atoms with E-state index in [1.165, 1.54) is 0 Å². The number of nitriles is 1. The van der Waals surface area contributed by atoms with Crippen molar-refractivity contribution in [3.8, 4) is 6.07 Å². The SMILES string of the molecule is CCCN1CCC(O)(C2(C#N)CCC(C)(C)CC2)CC1. The van der Waals surface area contributed by atoms with Crippen LogP contribution in [0.3, 0.4) is 0 Å². The van der Waals surface area contributed by atoms with Gasteiger partial charge in [0, 0.05) is 13.1 Å². The maximum Gasteiger partial charge on any atom is 0.0861 e. The van der Waals surface area contributed by atoms with Crippen molar-refractivity contribution in [1.82, 2.24) is 4.90 Å². The number of nitrogens with zero attached hydrogens (tertiary/aromatic N) is 2. The Bertz CT molecular complexity index is 365. The van der Waals surface area contributed by atoms with Crippen LogP contribution in [0.25, 0.3) is 0 Å². The Balaban J connectivity index is 2.07. The van der Waals surface area contributed by atoms with Gasteiger partial charge in [0.2, 0.25) is 0 Å². The molecule has 114 valence electrons. The fourth-order valence-corrected chi connectivity index (χ4v) is 3.98. The Labute approximate surface area is 124 Å². The highest BCUT2D eigenvalue weighted by Crippen LogP contribution is 2.53. The first kappa shape index (κ1) is 15.8. The first-order chi connectivity index (χ1) is 9.36. The Morgan fingerprint density at radius 2 is 1.60 bits per heavy atom. The molecular weight excluding hydrogens is 248 g/mol. The quantitative estimate of drug-likeness (QED) is 0.861. The predicted molar refractivity (Wildman–Crippen MR) is 81.2 cm³/mol. The summed E-state index contributed by atoms with van der Waals surface area (Å²) in [6.07, 6.45) is 6.53. The van der Waals surface area contributed by atoms with E-state index in [4.69, 9.17) is 0 Å². The van der Waals surface area contributed by atoms with Gasteiger partial charge in [-0.3, -0.25) is 0 Å². The summed E-state index contributed by atoms with van der Waals surface area (Å²) in [4.78, 5) is 2.42. The van der Waals surface area contributed by atoms with Gasteiger partial charge >= 0.3 is 0 Å². The first-order valence-electron chi connectivity index (χ1n) is 8.22. The summed E-state index contributed by atoms with van der Waals surface area (Å²) in [6.45, 7) is 9.75. The van der Waals surface area contributed by atoms with Crippen LogP contribution in [0.2, 0.25) is 0 Å². The van der Waals surface area contributed by atoms with Gasteiger partial charge in [-0.2, -0.15) is 5.26 Å². The van der Waals surface area contributed by atoms with Gasteiger partial charge in [0.15, 0.2) is 0 Å². The average Bonchev–Trinajstić information content (AvgIpc) is 2.42. The van der Waals surface area contributed by atoms with Crippen LogP contribution in [0.1, 0.15) is 65.7 Å². The van der Waals surface area contributed by atoms with Crippen molar-refractivity contribution in [3.05, 3.63) is 0 Å². The molecule has 1 aliphatic heterocycles. The van der Waals surface area contributed by atoms with E-state index in [9.17, 15) is 10.4 Å². The lowest BCUT2D eigenvalue weighted by molar-refractivity contribution is -0.119. The highest BCUT2D eigenvalue weighted by Gasteiger charge is 2.54. The van der Waals surface area contributed by atoms with E-state index < -0.39 is 11.0 Å². The molecule has 0 aromatic heterocycles. The van der Waals surface area contributed by atoms with Crippen LogP contribution in [0.15, 0.2) is 0 Å². The van der Waals surface area contributed by atoms with Gasteiger partial charge in [0.1, 0.15) is 0 Å². The molecule has 20 heavy (non-hydrogen) atoms. The zero-order valence-corrected chi connectivity index (χ0v) is 13.4. The zero-order chi connectivity index (χ0) is 14.9. The molecule has 3 nitrogen and oxygen atoms in total. The third-order valence-corrected chi connectivity index (χ3v) is 5.78. The lowest BCUT2D eigenvalue weighted by Crippen LogP contribution is -2.56. The van der Waals surface area contributed by atoms with E-state index in [0.29, 0.717) is 5.41 Å². The maximum atomic E-state index is 11.2. The fraction of sp³-hybridized carbons (Fsp3) is 0.941. The van der Waals surface area contributed by atoms with Crippen molar-refractivity contribution >= 4 is 0 Å². The van der Waals surface area contributed by atoms with Crippen molar-refractivity contribution in [1.29, 1.82) is 5.26 Å². The summed E-state index contributed by atoms with van der Waals surface area (Å²) in [6, 6.07) is 2.54. The minimum Gasteiger partial charge on any atom is -0.388 e. The molecule has 2 aliphatic rings. The average molecular weight is 278 g/mol. The largest absolute Gasteiger partial charge is 0.388 e. The van der Waals surface area contributed by atoms with Gasteiger partial charge in [-0.1, -0.05) is 20.8 Å². The first-order valence-corrected chi connectivity index (χ1v) is 8.22. The normalized spacial score (nSPS) is 28.8. The molecule has 0 unspecified atom stereocenters. The summed E-state index contributed by atoms with van der Waals surface area (Å²) in [5, 5.41) is 20.9. The molecule has 1 N–H and O–H groups in total. The number of rotatable bonds is 3. The van der Waals surface area contributed by atoms with Gasteiger partial charge in [-0.05, 0) is 56.9 Å². The molecule has 0 atom stereocenters. The summed E-state index contributed by atoms with van der Waals surface area (Å²) in [5.41, 5.74) is -0.928. The van der Waals surface area contributed by atoms with Gasteiger partial charge < -0.3 is 10.0 Å². The number of hydrogen-bond acceptors (Lipinski definition) is 3. The van der Waals surface area contributed by atoms with Gasteiger partial charge in [-0.15, -0.1) is 0 Å². The number of piperidine rings is 1. The molecule has 0 radical (unpaired) electrons. The van der Waals surface area contributed by atoms with Crippen LogP contribution < -0.4 is 0 Å². The van der Waals surface area contributed by atoms with Crippen molar-refractivity contribution in [2.75, 3.05) is 19.6 Å². The minimum absolute atomic E-state index is 0.333. The standard InChI is InChI=1S/C17H30N2O/c1-4-11-19-12-9-17(20,10-13-19)16(14-18)7-5-15(2,3)6-8-16/h20H,4-13H2,1-3H3. The summed E-state index contributed by atoms with van der Waals surface area (Å²) in [5.74, 6) is 0. The lowest BCUT2D eigenvalue weighted by Gasteiger charge is -2.51. The molecule has 1 aliphatic carbocycles. The second-order valence-corrected chi connectivity index (χ2v) is 7.73. The topological polar surface area (TPSA) is 47.3 Å². The zero-order valence-electron chi connectivity index (χ0n) is 13.4. The molecule has 0 spiro atoms. The van der Waals surface area contributed by atoms with Gasteiger partial charge in [0.25, 0.3) is 0 Å². The van der Waals surface area contributed by atoms with Crippen LogP contribution >= 0.6 is 0 Å². The Morgan fingerprint density at radius 1 is 1.05 bits per heavy atom. The van der Waals surface area contributed by atoms with Gasteiger partial charge in [0.05, 0.1) is 17.1 Å². The van der Waals surface area contributed by atoms with E-state index >= 15 is 0 Å². The maximum absolute atomic E-state index is 11.2. The van der Waals surface area contributed by atoms with Crippen LogP contribution in [-0.2, 0) is 0 Å². The van der Waals surface area contributed by atoms with E-state index in [1.807, 2.05) is 0 Å². The lowest BCUT2D eigenvalue weighted by atomic mass is 9.57. The van der Waals surface area contributed by atoms with E-state index in [0.717, 1.165) is 64.6 Å². The molecule has 2 rings (SSSR count). The molecule has 0 aromatic rings. The third-order valence-electron chi connectivity index (χ3n) is 5.78. The van der Waals surface area contributed by atoms with E-state index in [1.54, 1.807) is 0 Å².